The molecule has 0 saturated carbocycles. The Labute approximate surface area is 87.9 Å². The average Bonchev–Trinajstić information content (AvgIpc) is 2.25. The number of aromatic nitrogens is 2. The van der Waals surface area contributed by atoms with Crippen LogP contribution in [0.4, 0.5) is 0 Å². The van der Waals surface area contributed by atoms with E-state index < -0.39 is 0 Å². The van der Waals surface area contributed by atoms with Gasteiger partial charge in [0.2, 0.25) is 5.88 Å². The predicted octanol–water partition coefficient (Wildman–Crippen LogP) is 0.176. The number of nitrogens with one attached hydrogen (secondary N) is 1. The maximum atomic E-state index is 7.29. The van der Waals surface area contributed by atoms with Crippen LogP contribution in [-0.4, -0.2) is 35.9 Å². The molecular formula is C9H14N4O2. The minimum atomic E-state index is -0.0868. The summed E-state index contributed by atoms with van der Waals surface area (Å²) in [6, 6.07) is 1.59. The van der Waals surface area contributed by atoms with Gasteiger partial charge in [-0.05, 0) is 13.0 Å². The van der Waals surface area contributed by atoms with Crippen LogP contribution in [0.15, 0.2) is 12.3 Å². The molecule has 0 radical (unpaired) electrons. The third kappa shape index (κ3) is 3.51. The zero-order valence-electron chi connectivity index (χ0n) is 8.56. The van der Waals surface area contributed by atoms with Crippen molar-refractivity contribution in [2.24, 2.45) is 5.73 Å². The van der Waals surface area contributed by atoms with Crippen molar-refractivity contribution < 1.29 is 9.47 Å². The van der Waals surface area contributed by atoms with E-state index in [9.17, 15) is 0 Å². The Morgan fingerprint density at radius 1 is 1.53 bits per heavy atom. The smallest absolute Gasteiger partial charge is 0.244 e. The molecule has 0 amide bonds. The lowest BCUT2D eigenvalue weighted by atomic mass is 10.3. The molecule has 0 spiro atoms. The Kier molecular flexibility index (Phi) is 4.49. The summed E-state index contributed by atoms with van der Waals surface area (Å²) >= 11 is 0. The van der Waals surface area contributed by atoms with Gasteiger partial charge in [-0.2, -0.15) is 5.10 Å². The zero-order valence-corrected chi connectivity index (χ0v) is 8.56. The Bertz CT molecular complexity index is 330. The Morgan fingerprint density at radius 2 is 2.33 bits per heavy atom. The van der Waals surface area contributed by atoms with E-state index in [-0.39, 0.29) is 11.7 Å². The molecule has 1 aromatic rings. The molecule has 0 atom stereocenters. The van der Waals surface area contributed by atoms with E-state index in [1.807, 2.05) is 6.92 Å². The van der Waals surface area contributed by atoms with Gasteiger partial charge in [-0.1, -0.05) is 0 Å². The lowest BCUT2D eigenvalue weighted by molar-refractivity contribution is 0.108. The van der Waals surface area contributed by atoms with Gasteiger partial charge in [0.1, 0.15) is 12.4 Å². The monoisotopic (exact) mass is 210 g/mol. The molecule has 3 N–H and O–H groups in total. The van der Waals surface area contributed by atoms with Crippen LogP contribution < -0.4 is 10.5 Å². The van der Waals surface area contributed by atoms with Crippen molar-refractivity contribution in [1.29, 1.82) is 5.41 Å². The minimum Gasteiger partial charge on any atom is -0.474 e. The van der Waals surface area contributed by atoms with Gasteiger partial charge >= 0.3 is 0 Å². The Morgan fingerprint density at radius 3 is 3.00 bits per heavy atom. The molecule has 1 aromatic heterocycles. The number of amidine groups is 1. The van der Waals surface area contributed by atoms with Gasteiger partial charge in [-0.3, -0.25) is 5.41 Å². The van der Waals surface area contributed by atoms with Gasteiger partial charge in [-0.25, -0.2) is 0 Å². The quantitative estimate of drug-likeness (QED) is 0.396. The number of nitrogens with zero attached hydrogens (tertiary/aromatic N) is 2. The molecule has 0 aliphatic heterocycles. The van der Waals surface area contributed by atoms with Gasteiger partial charge in [0.05, 0.1) is 18.4 Å². The normalized spacial score (nSPS) is 9.93. The number of hydrogen-bond donors (Lipinski definition) is 2. The summed E-state index contributed by atoms with van der Waals surface area (Å²) in [6.45, 7) is 3.39. The first kappa shape index (κ1) is 11.4. The molecule has 0 aliphatic carbocycles. The molecule has 0 saturated heterocycles. The lowest BCUT2D eigenvalue weighted by Crippen LogP contribution is -2.16. The second-order valence-corrected chi connectivity index (χ2v) is 2.71. The maximum absolute atomic E-state index is 7.29. The fourth-order valence-electron chi connectivity index (χ4n) is 0.972. The van der Waals surface area contributed by atoms with Gasteiger partial charge in [0, 0.05) is 6.61 Å². The molecular weight excluding hydrogens is 196 g/mol. The summed E-state index contributed by atoms with van der Waals surface area (Å²) < 4.78 is 10.4. The summed E-state index contributed by atoms with van der Waals surface area (Å²) in [5.74, 6) is 0.181. The van der Waals surface area contributed by atoms with Crippen molar-refractivity contribution in [2.75, 3.05) is 19.8 Å². The topological polar surface area (TPSA) is 94.1 Å². The van der Waals surface area contributed by atoms with E-state index in [1.165, 1.54) is 6.20 Å². The van der Waals surface area contributed by atoms with E-state index >= 15 is 0 Å². The highest BCUT2D eigenvalue weighted by Crippen LogP contribution is 2.11. The van der Waals surface area contributed by atoms with Crippen LogP contribution in [0.25, 0.3) is 0 Å². The summed E-state index contributed by atoms with van der Waals surface area (Å²) in [5.41, 5.74) is 5.80. The van der Waals surface area contributed by atoms with Gasteiger partial charge in [0.15, 0.2) is 0 Å². The van der Waals surface area contributed by atoms with E-state index in [0.29, 0.717) is 25.4 Å². The standard InChI is InChI=1S/C9H14N4O2/c1-2-14-5-6-15-9-7(8(10)11)3-4-12-13-9/h3-4H,2,5-6H2,1H3,(H3,10,11). The molecule has 6 heteroatoms. The lowest BCUT2D eigenvalue weighted by Gasteiger charge is -2.07. The van der Waals surface area contributed by atoms with Crippen LogP contribution in [-0.2, 0) is 4.74 Å². The number of ether oxygens (including phenoxy) is 2. The van der Waals surface area contributed by atoms with Crippen molar-refractivity contribution in [3.05, 3.63) is 17.8 Å². The Hall–Kier alpha value is -1.69. The average molecular weight is 210 g/mol. The number of nitrogens with two attached hydrogens (primary N) is 1. The summed E-state index contributed by atoms with van der Waals surface area (Å²) in [5, 5.41) is 14.7. The first-order valence-electron chi connectivity index (χ1n) is 4.62. The number of rotatable bonds is 6. The molecule has 0 aliphatic rings. The van der Waals surface area contributed by atoms with Crippen molar-refractivity contribution >= 4 is 5.84 Å². The highest BCUT2D eigenvalue weighted by atomic mass is 16.5. The second-order valence-electron chi connectivity index (χ2n) is 2.71. The highest BCUT2D eigenvalue weighted by molar-refractivity contribution is 5.96. The van der Waals surface area contributed by atoms with Crippen LogP contribution >= 0.6 is 0 Å². The van der Waals surface area contributed by atoms with Crippen molar-refractivity contribution in [3.63, 3.8) is 0 Å². The summed E-state index contributed by atoms with van der Waals surface area (Å²) in [4.78, 5) is 0. The van der Waals surface area contributed by atoms with Gasteiger partial charge in [0.25, 0.3) is 0 Å². The molecule has 15 heavy (non-hydrogen) atoms. The summed E-state index contributed by atoms with van der Waals surface area (Å²) in [6.07, 6.45) is 1.46. The highest BCUT2D eigenvalue weighted by Gasteiger charge is 2.07. The number of hydrogen-bond acceptors (Lipinski definition) is 5. The molecule has 6 nitrogen and oxygen atoms in total. The summed E-state index contributed by atoms with van der Waals surface area (Å²) in [7, 11) is 0. The third-order valence-electron chi connectivity index (χ3n) is 1.65. The van der Waals surface area contributed by atoms with E-state index in [2.05, 4.69) is 10.2 Å². The third-order valence-corrected chi connectivity index (χ3v) is 1.65. The van der Waals surface area contributed by atoms with E-state index in [4.69, 9.17) is 20.6 Å². The first-order chi connectivity index (χ1) is 7.25. The van der Waals surface area contributed by atoms with Crippen LogP contribution in [0.5, 0.6) is 5.88 Å². The molecule has 0 bridgehead atoms. The van der Waals surface area contributed by atoms with Crippen LogP contribution in [0.2, 0.25) is 0 Å². The SMILES string of the molecule is CCOCCOc1nnccc1C(=N)N. The molecule has 0 unspecified atom stereocenters. The molecule has 0 fully saturated rings. The Balaban J connectivity index is 2.56. The minimum absolute atomic E-state index is 0.0868. The number of nitrogen functional groups attached to an aromatic ring is 1. The predicted molar refractivity (Wildman–Crippen MR) is 55.0 cm³/mol. The maximum Gasteiger partial charge on any atom is 0.244 e. The zero-order chi connectivity index (χ0) is 11.1. The molecule has 1 heterocycles. The van der Waals surface area contributed by atoms with Crippen LogP contribution in [0.1, 0.15) is 12.5 Å². The van der Waals surface area contributed by atoms with Gasteiger partial charge < -0.3 is 15.2 Å². The van der Waals surface area contributed by atoms with Gasteiger partial charge in [-0.15, -0.1) is 5.10 Å². The first-order valence-corrected chi connectivity index (χ1v) is 4.62. The van der Waals surface area contributed by atoms with E-state index in [0.717, 1.165) is 0 Å². The molecule has 0 aromatic carbocycles. The largest absolute Gasteiger partial charge is 0.474 e. The van der Waals surface area contributed by atoms with Crippen molar-refractivity contribution in [1.82, 2.24) is 10.2 Å². The van der Waals surface area contributed by atoms with Crippen molar-refractivity contribution in [3.8, 4) is 5.88 Å². The second kappa shape index (κ2) is 5.92. The fraction of sp³-hybridized carbons (Fsp3) is 0.444. The van der Waals surface area contributed by atoms with Crippen LogP contribution in [0.3, 0.4) is 0 Å². The van der Waals surface area contributed by atoms with E-state index in [1.54, 1.807) is 6.07 Å². The molecule has 82 valence electrons. The van der Waals surface area contributed by atoms with Crippen LogP contribution in [0, 0.1) is 5.41 Å². The fourth-order valence-corrected chi connectivity index (χ4v) is 0.972. The molecule has 1 rings (SSSR count). The van der Waals surface area contributed by atoms with Crippen molar-refractivity contribution in [2.45, 2.75) is 6.92 Å².